The van der Waals surface area contributed by atoms with Gasteiger partial charge in [0.1, 0.15) is 0 Å². The van der Waals surface area contributed by atoms with Gasteiger partial charge in [-0.05, 0) is 132 Å². The summed E-state index contributed by atoms with van der Waals surface area (Å²) in [4.78, 5) is 2.25. The van der Waals surface area contributed by atoms with E-state index in [-0.39, 0.29) is 0 Å². The van der Waals surface area contributed by atoms with Crippen LogP contribution in [0.25, 0.3) is 55.3 Å². The van der Waals surface area contributed by atoms with Gasteiger partial charge < -0.3 is 9.47 Å². The van der Waals surface area contributed by atoms with Crippen molar-refractivity contribution in [2.75, 3.05) is 11.9 Å². The molecule has 7 rings (SSSR count). The summed E-state index contributed by atoms with van der Waals surface area (Å²) in [6.45, 7) is 14.6. The molecule has 0 aliphatic rings. The number of nitrogens with zero attached hydrogens (tertiary/aromatic N) is 2. The fourth-order valence-electron chi connectivity index (χ4n) is 7.08. The Bertz CT molecular complexity index is 2380. The lowest BCUT2D eigenvalue weighted by Crippen LogP contribution is -2.10. The first-order chi connectivity index (χ1) is 24.4. The zero-order valence-electron chi connectivity index (χ0n) is 29.3. The lowest BCUT2D eigenvalue weighted by Gasteiger charge is -2.22. The number of benzene rings is 6. The van der Waals surface area contributed by atoms with Crippen LogP contribution in [0.5, 0.6) is 0 Å². The Balaban J connectivity index is 1.33. The minimum atomic E-state index is 1.11. The molecule has 0 aliphatic carbocycles. The number of anilines is 2. The molecule has 2 nitrogen and oxygen atoms in total. The third-order valence-corrected chi connectivity index (χ3v) is 9.92. The highest BCUT2D eigenvalue weighted by atomic mass is 15.1. The minimum Gasteiger partial charge on any atom is -0.344 e. The first-order valence-corrected chi connectivity index (χ1v) is 17.1. The monoisotopic (exact) mass is 646 g/mol. The number of hydrogen-bond donors (Lipinski definition) is 0. The molecule has 0 saturated carbocycles. The molecule has 1 heterocycles. The molecule has 0 amide bonds. The van der Waals surface area contributed by atoms with E-state index in [4.69, 9.17) is 0 Å². The van der Waals surface area contributed by atoms with Gasteiger partial charge in [0.15, 0.2) is 0 Å². The van der Waals surface area contributed by atoms with Gasteiger partial charge in [-0.2, -0.15) is 0 Å². The highest BCUT2D eigenvalue weighted by molar-refractivity contribution is 6.09. The number of hydrogen-bond acceptors (Lipinski definition) is 1. The predicted molar refractivity (Wildman–Crippen MR) is 218 cm³/mol. The third-order valence-electron chi connectivity index (χ3n) is 9.92. The number of aryl methyl sites for hydroxylation is 1. The average molecular weight is 647 g/mol. The quantitative estimate of drug-likeness (QED) is 0.142. The Morgan fingerprint density at radius 2 is 1.16 bits per heavy atom. The molecule has 0 N–H and O–H groups in total. The van der Waals surface area contributed by atoms with Crippen molar-refractivity contribution in [3.8, 4) is 27.9 Å². The molecule has 0 atom stereocenters. The van der Waals surface area contributed by atoms with Crippen molar-refractivity contribution >= 4 is 38.8 Å². The van der Waals surface area contributed by atoms with Crippen LogP contribution in [0.4, 0.5) is 11.4 Å². The Labute approximate surface area is 296 Å². The van der Waals surface area contributed by atoms with Crippen molar-refractivity contribution in [1.82, 2.24) is 4.57 Å². The standard InChI is InChI=1S/C48H42N2/c1-7-15-33(3)35(5)43(8-2)40-31-38(36-22-26-41(27-23-36)49(6)46-19-12-9-16-34(46)4)30-39(32-40)37-24-28-42(29-25-37)50-47-20-13-10-17-44(47)45-18-11-14-21-48(45)50/h7-32H,1-2H2,3-6H3/b33-15+,43-35-. The third kappa shape index (κ3) is 6.01. The van der Waals surface area contributed by atoms with Gasteiger partial charge in [-0.3, -0.25) is 0 Å². The van der Waals surface area contributed by atoms with E-state index in [2.05, 4.69) is 196 Å². The number of rotatable bonds is 9. The van der Waals surface area contributed by atoms with E-state index in [1.165, 1.54) is 44.2 Å². The van der Waals surface area contributed by atoms with Crippen LogP contribution in [0.1, 0.15) is 25.0 Å². The summed E-state index contributed by atoms with van der Waals surface area (Å²) >= 11 is 0. The maximum Gasteiger partial charge on any atom is 0.0541 e. The number of aromatic nitrogens is 1. The zero-order chi connectivity index (χ0) is 34.8. The lowest BCUT2D eigenvalue weighted by molar-refractivity contribution is 1.18. The number of para-hydroxylation sites is 3. The van der Waals surface area contributed by atoms with Crippen LogP contribution in [0.2, 0.25) is 0 Å². The molecule has 0 fully saturated rings. The van der Waals surface area contributed by atoms with Gasteiger partial charge in [0.2, 0.25) is 0 Å². The van der Waals surface area contributed by atoms with Crippen LogP contribution in [-0.2, 0) is 0 Å². The van der Waals surface area contributed by atoms with E-state index in [9.17, 15) is 0 Å². The Morgan fingerprint density at radius 1 is 0.620 bits per heavy atom. The molecule has 0 aliphatic heterocycles. The van der Waals surface area contributed by atoms with E-state index in [1.54, 1.807) is 0 Å². The summed E-state index contributed by atoms with van der Waals surface area (Å²) in [5.41, 5.74) is 16.4. The van der Waals surface area contributed by atoms with Gasteiger partial charge >= 0.3 is 0 Å². The molecule has 0 radical (unpaired) electrons. The lowest BCUT2D eigenvalue weighted by atomic mass is 9.90. The maximum atomic E-state index is 4.24. The molecule has 0 spiro atoms. The van der Waals surface area contributed by atoms with Gasteiger partial charge in [-0.1, -0.05) is 110 Å². The summed E-state index contributed by atoms with van der Waals surface area (Å²) < 4.78 is 2.36. The molecule has 7 aromatic rings. The maximum absolute atomic E-state index is 4.24. The molecule has 0 saturated heterocycles. The first-order valence-electron chi connectivity index (χ1n) is 17.1. The molecule has 244 valence electrons. The topological polar surface area (TPSA) is 8.17 Å². The zero-order valence-corrected chi connectivity index (χ0v) is 29.3. The minimum absolute atomic E-state index is 1.11. The summed E-state index contributed by atoms with van der Waals surface area (Å²) in [6.07, 6.45) is 5.88. The fourth-order valence-corrected chi connectivity index (χ4v) is 7.08. The molecular weight excluding hydrogens is 605 g/mol. The predicted octanol–water partition coefficient (Wildman–Crippen LogP) is 13.3. The average Bonchev–Trinajstić information content (AvgIpc) is 3.49. The summed E-state index contributed by atoms with van der Waals surface area (Å²) in [7, 11) is 2.13. The van der Waals surface area contributed by atoms with Gasteiger partial charge in [-0.25, -0.2) is 0 Å². The Morgan fingerprint density at radius 3 is 1.72 bits per heavy atom. The molecule has 2 heteroatoms. The van der Waals surface area contributed by atoms with Crippen LogP contribution < -0.4 is 4.90 Å². The largest absolute Gasteiger partial charge is 0.344 e. The molecule has 0 bridgehead atoms. The first kappa shape index (κ1) is 32.4. The molecule has 50 heavy (non-hydrogen) atoms. The Hall–Kier alpha value is -6.12. The fraction of sp³-hybridized carbons (Fsp3) is 0.0833. The van der Waals surface area contributed by atoms with Crippen LogP contribution in [0.15, 0.2) is 182 Å². The summed E-state index contributed by atoms with van der Waals surface area (Å²) in [6, 6.07) is 50.5. The molecule has 1 aromatic heterocycles. The summed E-state index contributed by atoms with van der Waals surface area (Å²) in [5.74, 6) is 0. The molecular formula is C48H42N2. The molecule has 6 aromatic carbocycles. The second-order valence-electron chi connectivity index (χ2n) is 12.9. The van der Waals surface area contributed by atoms with Gasteiger partial charge in [0.25, 0.3) is 0 Å². The van der Waals surface area contributed by atoms with E-state index in [1.807, 2.05) is 12.2 Å². The van der Waals surface area contributed by atoms with E-state index >= 15 is 0 Å². The normalized spacial score (nSPS) is 12.2. The van der Waals surface area contributed by atoms with E-state index < -0.39 is 0 Å². The van der Waals surface area contributed by atoms with Crippen LogP contribution in [-0.4, -0.2) is 11.6 Å². The second kappa shape index (κ2) is 13.8. The highest BCUT2D eigenvalue weighted by Gasteiger charge is 2.14. The molecule has 0 unspecified atom stereocenters. The van der Waals surface area contributed by atoms with Gasteiger partial charge in [0, 0.05) is 34.9 Å². The van der Waals surface area contributed by atoms with Crippen LogP contribution in [0.3, 0.4) is 0 Å². The SMILES string of the molecule is C=C/C=C(C)/C(C)=C(/C=C)c1cc(-c2ccc(N(C)c3ccccc3C)cc2)cc(-c2ccc(-n3c4ccccc4c4ccccc43)cc2)c1. The van der Waals surface area contributed by atoms with Gasteiger partial charge in [-0.15, -0.1) is 0 Å². The van der Waals surface area contributed by atoms with Crippen molar-refractivity contribution < 1.29 is 0 Å². The van der Waals surface area contributed by atoms with Crippen molar-refractivity contribution in [2.45, 2.75) is 20.8 Å². The second-order valence-corrected chi connectivity index (χ2v) is 12.9. The van der Waals surface area contributed by atoms with Crippen molar-refractivity contribution in [2.24, 2.45) is 0 Å². The van der Waals surface area contributed by atoms with E-state index in [0.717, 1.165) is 44.8 Å². The van der Waals surface area contributed by atoms with Crippen LogP contribution in [0, 0.1) is 6.92 Å². The highest BCUT2D eigenvalue weighted by Crippen LogP contribution is 2.37. The van der Waals surface area contributed by atoms with E-state index in [0.29, 0.717) is 0 Å². The number of fused-ring (bicyclic) bond motifs is 3. The van der Waals surface area contributed by atoms with Crippen molar-refractivity contribution in [3.05, 3.63) is 193 Å². The number of allylic oxidation sites excluding steroid dienone is 6. The van der Waals surface area contributed by atoms with Crippen molar-refractivity contribution in [3.63, 3.8) is 0 Å². The smallest absolute Gasteiger partial charge is 0.0541 e. The van der Waals surface area contributed by atoms with Gasteiger partial charge in [0.05, 0.1) is 11.0 Å². The van der Waals surface area contributed by atoms with Crippen molar-refractivity contribution in [1.29, 1.82) is 0 Å². The summed E-state index contributed by atoms with van der Waals surface area (Å²) in [5, 5.41) is 2.53. The van der Waals surface area contributed by atoms with Crippen LogP contribution >= 0.6 is 0 Å². The Kier molecular flexibility index (Phi) is 8.94.